The minimum absolute atomic E-state index is 0.656. The molecule has 0 saturated heterocycles. The number of rotatable bonds is 8. The maximum Gasteiger partial charge on any atom is 0.202 e. The van der Waals surface area contributed by atoms with Crippen LogP contribution in [0.4, 0.5) is 5.13 Å². The molecule has 1 aromatic rings. The zero-order valence-electron chi connectivity index (χ0n) is 9.15. The molecule has 6 heteroatoms. The predicted octanol–water partition coefficient (Wildman–Crippen LogP) is 1.31. The summed E-state index contributed by atoms with van der Waals surface area (Å²) in [4.78, 5) is 4.19. The largest absolute Gasteiger partial charge is 0.382 e. The maximum atomic E-state index is 5.32. The molecule has 0 fully saturated rings. The lowest BCUT2D eigenvalue weighted by atomic mass is 10.4. The molecule has 0 radical (unpaired) electrons. The number of anilines is 1. The molecule has 1 aromatic heterocycles. The van der Waals surface area contributed by atoms with Crippen molar-refractivity contribution < 1.29 is 9.47 Å². The van der Waals surface area contributed by atoms with Gasteiger partial charge in [-0.2, -0.15) is 4.37 Å². The third-order valence-corrected chi connectivity index (χ3v) is 2.47. The maximum absolute atomic E-state index is 5.32. The van der Waals surface area contributed by atoms with Crippen molar-refractivity contribution in [2.75, 3.05) is 38.8 Å². The monoisotopic (exact) mass is 231 g/mol. The van der Waals surface area contributed by atoms with Gasteiger partial charge in [-0.25, -0.2) is 4.98 Å². The topological polar surface area (TPSA) is 56.3 Å². The van der Waals surface area contributed by atoms with E-state index in [0.29, 0.717) is 13.2 Å². The smallest absolute Gasteiger partial charge is 0.202 e. The van der Waals surface area contributed by atoms with Gasteiger partial charge in [0.15, 0.2) is 0 Å². The highest BCUT2D eigenvalue weighted by atomic mass is 32.1. The summed E-state index contributed by atoms with van der Waals surface area (Å²) in [5.74, 6) is 0.818. The van der Waals surface area contributed by atoms with Crippen LogP contribution in [0.2, 0.25) is 0 Å². The fourth-order valence-electron chi connectivity index (χ4n) is 0.983. The van der Waals surface area contributed by atoms with E-state index in [1.807, 2.05) is 6.92 Å². The highest BCUT2D eigenvalue weighted by Gasteiger charge is 1.97. The lowest BCUT2D eigenvalue weighted by Crippen LogP contribution is -2.08. The minimum atomic E-state index is 0.656. The lowest BCUT2D eigenvalue weighted by Gasteiger charge is -2.03. The van der Waals surface area contributed by atoms with Gasteiger partial charge in [0, 0.05) is 31.8 Å². The van der Waals surface area contributed by atoms with Crippen LogP contribution >= 0.6 is 11.5 Å². The van der Waals surface area contributed by atoms with Crippen molar-refractivity contribution >= 4 is 16.7 Å². The molecule has 1 heterocycles. The molecule has 5 nitrogen and oxygen atoms in total. The molecule has 0 bridgehead atoms. The molecule has 0 atom stereocenters. The molecule has 0 aliphatic carbocycles. The fourth-order valence-corrected chi connectivity index (χ4v) is 1.58. The van der Waals surface area contributed by atoms with Crippen LogP contribution in [0.1, 0.15) is 12.2 Å². The number of hydrogen-bond acceptors (Lipinski definition) is 6. The van der Waals surface area contributed by atoms with E-state index in [1.54, 1.807) is 7.11 Å². The van der Waals surface area contributed by atoms with Crippen molar-refractivity contribution in [2.45, 2.75) is 13.3 Å². The van der Waals surface area contributed by atoms with E-state index < -0.39 is 0 Å². The Morgan fingerprint density at radius 1 is 1.33 bits per heavy atom. The summed E-state index contributed by atoms with van der Waals surface area (Å²) < 4.78 is 14.3. The molecule has 1 N–H and O–H groups in total. The van der Waals surface area contributed by atoms with E-state index in [2.05, 4.69) is 14.7 Å². The normalized spacial score (nSPS) is 10.5. The number of hydrogen-bond donors (Lipinski definition) is 1. The van der Waals surface area contributed by atoms with Crippen molar-refractivity contribution in [3.8, 4) is 0 Å². The number of nitrogens with one attached hydrogen (secondary N) is 1. The van der Waals surface area contributed by atoms with Gasteiger partial charge in [-0.1, -0.05) is 0 Å². The van der Waals surface area contributed by atoms with E-state index in [-0.39, 0.29) is 0 Å². The molecule has 0 unspecified atom stereocenters. The summed E-state index contributed by atoms with van der Waals surface area (Å²) in [6.07, 6.45) is 0.961. The Kier molecular flexibility index (Phi) is 6.22. The molecule has 86 valence electrons. The standard InChI is InChI=1S/C9H17N3O2S/c1-8-11-9(15-12-8)10-4-3-5-14-7-6-13-2/h3-7H2,1-2H3,(H,10,11,12). The average molecular weight is 231 g/mol. The van der Waals surface area contributed by atoms with Crippen molar-refractivity contribution in [1.29, 1.82) is 0 Å². The van der Waals surface area contributed by atoms with Gasteiger partial charge in [-0.3, -0.25) is 0 Å². The Hall–Kier alpha value is -0.720. The Balaban J connectivity index is 1.93. The van der Waals surface area contributed by atoms with Gasteiger partial charge < -0.3 is 14.8 Å². The first-order valence-electron chi connectivity index (χ1n) is 4.94. The van der Waals surface area contributed by atoms with Crippen LogP contribution in [0, 0.1) is 6.92 Å². The average Bonchev–Trinajstić information content (AvgIpc) is 2.63. The van der Waals surface area contributed by atoms with Crippen molar-refractivity contribution in [3.05, 3.63) is 5.82 Å². The first-order valence-corrected chi connectivity index (χ1v) is 5.71. The summed E-state index contributed by atoms with van der Waals surface area (Å²) in [6, 6.07) is 0. The van der Waals surface area contributed by atoms with Crippen LogP contribution < -0.4 is 5.32 Å². The van der Waals surface area contributed by atoms with Crippen molar-refractivity contribution in [1.82, 2.24) is 9.36 Å². The van der Waals surface area contributed by atoms with Crippen LogP contribution in [0.3, 0.4) is 0 Å². The summed E-state index contributed by atoms with van der Waals surface area (Å²) >= 11 is 1.39. The quantitative estimate of drug-likeness (QED) is 0.684. The molecule has 0 saturated carbocycles. The number of aryl methyl sites for hydroxylation is 1. The third-order valence-electron chi connectivity index (χ3n) is 1.70. The lowest BCUT2D eigenvalue weighted by molar-refractivity contribution is 0.0705. The van der Waals surface area contributed by atoms with Gasteiger partial charge in [0.1, 0.15) is 5.82 Å². The molecule has 0 aliphatic heterocycles. The van der Waals surface area contributed by atoms with E-state index in [4.69, 9.17) is 9.47 Å². The second-order valence-electron chi connectivity index (χ2n) is 3.03. The zero-order valence-corrected chi connectivity index (χ0v) is 9.97. The van der Waals surface area contributed by atoms with Gasteiger partial charge in [-0.05, 0) is 13.3 Å². The minimum Gasteiger partial charge on any atom is -0.382 e. The van der Waals surface area contributed by atoms with Crippen molar-refractivity contribution in [2.24, 2.45) is 0 Å². The molecule has 0 spiro atoms. The Morgan fingerprint density at radius 3 is 2.87 bits per heavy atom. The number of ether oxygens (including phenoxy) is 2. The number of nitrogens with zero attached hydrogens (tertiary/aromatic N) is 2. The van der Waals surface area contributed by atoms with Crippen LogP contribution in [0.15, 0.2) is 0 Å². The van der Waals surface area contributed by atoms with Crippen molar-refractivity contribution in [3.63, 3.8) is 0 Å². The van der Waals surface area contributed by atoms with Gasteiger partial charge in [0.25, 0.3) is 0 Å². The molecule has 15 heavy (non-hydrogen) atoms. The summed E-state index contributed by atoms with van der Waals surface area (Å²) in [5, 5.41) is 4.07. The molecule has 1 rings (SSSR count). The number of aromatic nitrogens is 2. The Morgan fingerprint density at radius 2 is 2.20 bits per heavy atom. The van der Waals surface area contributed by atoms with E-state index in [0.717, 1.165) is 30.5 Å². The third kappa shape index (κ3) is 5.66. The molecule has 0 aliphatic rings. The van der Waals surface area contributed by atoms with Gasteiger partial charge in [0.05, 0.1) is 13.2 Å². The number of methoxy groups -OCH3 is 1. The zero-order chi connectivity index (χ0) is 10.9. The highest BCUT2D eigenvalue weighted by Crippen LogP contribution is 2.09. The van der Waals surface area contributed by atoms with Crippen LogP contribution in [0.5, 0.6) is 0 Å². The Labute approximate surface area is 94.0 Å². The highest BCUT2D eigenvalue weighted by molar-refractivity contribution is 7.09. The predicted molar refractivity (Wildman–Crippen MR) is 60.4 cm³/mol. The molecule has 0 amide bonds. The van der Waals surface area contributed by atoms with Crippen LogP contribution in [0.25, 0.3) is 0 Å². The van der Waals surface area contributed by atoms with E-state index >= 15 is 0 Å². The first kappa shape index (κ1) is 12.4. The summed E-state index contributed by atoms with van der Waals surface area (Å²) in [5.41, 5.74) is 0. The SMILES string of the molecule is COCCOCCCNc1nc(C)ns1. The van der Waals surface area contributed by atoms with Gasteiger partial charge >= 0.3 is 0 Å². The molecular weight excluding hydrogens is 214 g/mol. The Bertz CT molecular complexity index is 268. The second-order valence-corrected chi connectivity index (χ2v) is 3.78. The second kappa shape index (κ2) is 7.56. The van der Waals surface area contributed by atoms with Crippen LogP contribution in [-0.4, -0.2) is 42.8 Å². The summed E-state index contributed by atoms with van der Waals surface area (Å²) in [7, 11) is 1.67. The molecule has 0 aromatic carbocycles. The first-order chi connectivity index (χ1) is 7.33. The van der Waals surface area contributed by atoms with Gasteiger partial charge in [-0.15, -0.1) is 0 Å². The van der Waals surface area contributed by atoms with Crippen LogP contribution in [-0.2, 0) is 9.47 Å². The molecular formula is C9H17N3O2S. The summed E-state index contributed by atoms with van der Waals surface area (Å²) in [6.45, 7) is 4.81. The fraction of sp³-hybridized carbons (Fsp3) is 0.778. The van der Waals surface area contributed by atoms with E-state index in [9.17, 15) is 0 Å². The van der Waals surface area contributed by atoms with E-state index in [1.165, 1.54) is 11.5 Å². The van der Waals surface area contributed by atoms with Gasteiger partial charge in [0.2, 0.25) is 5.13 Å².